The summed E-state index contributed by atoms with van der Waals surface area (Å²) in [6, 6.07) is 14.8. The lowest BCUT2D eigenvalue weighted by Crippen LogP contribution is -2.23. The standard InChI is InChI=1S/C20H27NO/c1-5-17-10-12-19(13-11-17)22-16(4)14-21-20-15(3)8-7-9-18(20)6-2/h7-13,16,21H,5-6,14H2,1-4H3. The van der Waals surface area contributed by atoms with Gasteiger partial charge in [0, 0.05) is 5.69 Å². The first kappa shape index (κ1) is 16.4. The van der Waals surface area contributed by atoms with Crippen molar-refractivity contribution in [2.75, 3.05) is 11.9 Å². The third-order valence-electron chi connectivity index (χ3n) is 3.98. The summed E-state index contributed by atoms with van der Waals surface area (Å²) in [6.45, 7) is 9.40. The minimum Gasteiger partial charge on any atom is -0.489 e. The van der Waals surface area contributed by atoms with Crippen molar-refractivity contribution >= 4 is 5.69 Å². The maximum Gasteiger partial charge on any atom is 0.119 e. The molecular weight excluding hydrogens is 270 g/mol. The van der Waals surface area contributed by atoms with Crippen LogP contribution in [0.2, 0.25) is 0 Å². The average molecular weight is 297 g/mol. The molecule has 1 N–H and O–H groups in total. The van der Waals surface area contributed by atoms with Crippen molar-refractivity contribution in [1.82, 2.24) is 0 Å². The lowest BCUT2D eigenvalue weighted by molar-refractivity contribution is 0.234. The van der Waals surface area contributed by atoms with E-state index in [1.807, 2.05) is 0 Å². The van der Waals surface area contributed by atoms with Crippen molar-refractivity contribution in [2.24, 2.45) is 0 Å². The summed E-state index contributed by atoms with van der Waals surface area (Å²) in [6.07, 6.45) is 2.22. The largest absolute Gasteiger partial charge is 0.489 e. The van der Waals surface area contributed by atoms with Gasteiger partial charge in [-0.05, 0) is 55.5 Å². The van der Waals surface area contributed by atoms with Crippen LogP contribution in [0.1, 0.15) is 37.5 Å². The van der Waals surface area contributed by atoms with Gasteiger partial charge in [0.05, 0.1) is 6.54 Å². The molecule has 1 atom stereocenters. The zero-order valence-electron chi connectivity index (χ0n) is 14.1. The van der Waals surface area contributed by atoms with Crippen LogP contribution >= 0.6 is 0 Å². The van der Waals surface area contributed by atoms with Gasteiger partial charge in [-0.15, -0.1) is 0 Å². The van der Waals surface area contributed by atoms with E-state index in [0.29, 0.717) is 0 Å². The highest BCUT2D eigenvalue weighted by Crippen LogP contribution is 2.21. The molecule has 2 aromatic rings. The molecule has 0 aliphatic rings. The smallest absolute Gasteiger partial charge is 0.119 e. The van der Waals surface area contributed by atoms with E-state index in [2.05, 4.69) is 75.5 Å². The van der Waals surface area contributed by atoms with Crippen LogP contribution < -0.4 is 10.1 Å². The van der Waals surface area contributed by atoms with E-state index < -0.39 is 0 Å². The molecule has 0 saturated heterocycles. The van der Waals surface area contributed by atoms with Crippen LogP contribution in [-0.2, 0) is 12.8 Å². The first-order valence-corrected chi connectivity index (χ1v) is 8.22. The molecule has 0 radical (unpaired) electrons. The summed E-state index contributed by atoms with van der Waals surface area (Å²) in [5, 5.41) is 3.55. The van der Waals surface area contributed by atoms with Crippen LogP contribution in [0.3, 0.4) is 0 Å². The van der Waals surface area contributed by atoms with E-state index in [9.17, 15) is 0 Å². The van der Waals surface area contributed by atoms with E-state index in [0.717, 1.165) is 25.1 Å². The number of para-hydroxylation sites is 1. The molecule has 2 aromatic carbocycles. The second-order valence-corrected chi connectivity index (χ2v) is 5.77. The van der Waals surface area contributed by atoms with Gasteiger partial charge >= 0.3 is 0 Å². The van der Waals surface area contributed by atoms with Crippen molar-refractivity contribution in [3.63, 3.8) is 0 Å². The van der Waals surface area contributed by atoms with Crippen LogP contribution in [0.5, 0.6) is 5.75 Å². The summed E-state index contributed by atoms with van der Waals surface area (Å²) >= 11 is 0. The van der Waals surface area contributed by atoms with Crippen LogP contribution in [0.4, 0.5) is 5.69 Å². The lowest BCUT2D eigenvalue weighted by Gasteiger charge is -2.19. The van der Waals surface area contributed by atoms with E-state index in [4.69, 9.17) is 4.74 Å². The summed E-state index contributed by atoms with van der Waals surface area (Å²) in [7, 11) is 0. The Hall–Kier alpha value is -1.96. The number of rotatable bonds is 7. The molecule has 0 heterocycles. The van der Waals surface area contributed by atoms with Crippen molar-refractivity contribution in [3.8, 4) is 5.75 Å². The van der Waals surface area contributed by atoms with Gasteiger partial charge in [0.1, 0.15) is 11.9 Å². The zero-order valence-corrected chi connectivity index (χ0v) is 14.1. The number of ether oxygens (including phenoxy) is 1. The molecule has 0 fully saturated rings. The van der Waals surface area contributed by atoms with Crippen molar-refractivity contribution < 1.29 is 4.74 Å². The zero-order chi connectivity index (χ0) is 15.9. The number of hydrogen-bond acceptors (Lipinski definition) is 2. The second-order valence-electron chi connectivity index (χ2n) is 5.77. The molecule has 0 aromatic heterocycles. The number of benzene rings is 2. The topological polar surface area (TPSA) is 21.3 Å². The molecule has 1 unspecified atom stereocenters. The van der Waals surface area contributed by atoms with Crippen molar-refractivity contribution in [3.05, 3.63) is 59.2 Å². The first-order chi connectivity index (χ1) is 10.6. The van der Waals surface area contributed by atoms with Gasteiger partial charge in [0.2, 0.25) is 0 Å². The van der Waals surface area contributed by atoms with Crippen LogP contribution in [-0.4, -0.2) is 12.6 Å². The summed E-state index contributed by atoms with van der Waals surface area (Å²) in [5.41, 5.74) is 5.24. The fourth-order valence-corrected chi connectivity index (χ4v) is 2.60. The maximum absolute atomic E-state index is 5.99. The van der Waals surface area contributed by atoms with Gasteiger partial charge in [-0.2, -0.15) is 0 Å². The van der Waals surface area contributed by atoms with Crippen molar-refractivity contribution in [1.29, 1.82) is 0 Å². The third kappa shape index (κ3) is 4.27. The van der Waals surface area contributed by atoms with Gasteiger partial charge in [0.15, 0.2) is 0 Å². The highest BCUT2D eigenvalue weighted by atomic mass is 16.5. The fourth-order valence-electron chi connectivity index (χ4n) is 2.60. The quantitative estimate of drug-likeness (QED) is 0.776. The summed E-state index contributed by atoms with van der Waals surface area (Å²) < 4.78 is 5.99. The van der Waals surface area contributed by atoms with Gasteiger partial charge in [0.25, 0.3) is 0 Å². The number of hydrogen-bond donors (Lipinski definition) is 1. The fraction of sp³-hybridized carbons (Fsp3) is 0.400. The predicted octanol–water partition coefficient (Wildman–Crippen LogP) is 5.00. The highest BCUT2D eigenvalue weighted by Gasteiger charge is 2.08. The normalized spacial score (nSPS) is 12.0. The number of nitrogens with one attached hydrogen (secondary N) is 1. The molecule has 0 saturated carbocycles. The number of anilines is 1. The molecule has 0 aliphatic heterocycles. The SMILES string of the molecule is CCc1ccc(OC(C)CNc2c(C)cccc2CC)cc1. The Morgan fingerprint density at radius 1 is 1.00 bits per heavy atom. The van der Waals surface area contributed by atoms with Crippen LogP contribution in [0.25, 0.3) is 0 Å². The van der Waals surface area contributed by atoms with Gasteiger partial charge in [-0.3, -0.25) is 0 Å². The molecule has 2 rings (SSSR count). The number of aryl methyl sites for hydroxylation is 3. The Morgan fingerprint density at radius 3 is 2.36 bits per heavy atom. The Bertz CT molecular complexity index is 589. The van der Waals surface area contributed by atoms with E-state index in [-0.39, 0.29) is 6.10 Å². The van der Waals surface area contributed by atoms with Crippen LogP contribution in [0.15, 0.2) is 42.5 Å². The summed E-state index contributed by atoms with van der Waals surface area (Å²) in [5.74, 6) is 0.937. The van der Waals surface area contributed by atoms with E-state index in [1.165, 1.54) is 22.4 Å². The molecule has 0 spiro atoms. The molecular formula is C20H27NO. The monoisotopic (exact) mass is 297 g/mol. The van der Waals surface area contributed by atoms with E-state index in [1.54, 1.807) is 0 Å². The Kier molecular flexibility index (Phi) is 5.88. The minimum absolute atomic E-state index is 0.122. The van der Waals surface area contributed by atoms with Gasteiger partial charge in [-0.25, -0.2) is 0 Å². The Labute approximate surface area is 134 Å². The Balaban J connectivity index is 1.93. The highest BCUT2D eigenvalue weighted by molar-refractivity contribution is 5.57. The summed E-state index contributed by atoms with van der Waals surface area (Å²) in [4.78, 5) is 0. The third-order valence-corrected chi connectivity index (χ3v) is 3.98. The first-order valence-electron chi connectivity index (χ1n) is 8.22. The Morgan fingerprint density at radius 2 is 1.73 bits per heavy atom. The average Bonchev–Trinajstić information content (AvgIpc) is 2.54. The van der Waals surface area contributed by atoms with Crippen LogP contribution in [0, 0.1) is 6.92 Å². The molecule has 118 valence electrons. The van der Waals surface area contributed by atoms with Gasteiger partial charge in [-0.1, -0.05) is 44.2 Å². The molecule has 0 aliphatic carbocycles. The second kappa shape index (κ2) is 7.88. The maximum atomic E-state index is 5.99. The van der Waals surface area contributed by atoms with E-state index >= 15 is 0 Å². The molecule has 22 heavy (non-hydrogen) atoms. The minimum atomic E-state index is 0.122. The van der Waals surface area contributed by atoms with Crippen molar-refractivity contribution in [2.45, 2.75) is 46.6 Å². The molecule has 0 amide bonds. The molecule has 2 heteroatoms. The lowest BCUT2D eigenvalue weighted by atomic mass is 10.1. The predicted molar refractivity (Wildman–Crippen MR) is 95.0 cm³/mol. The molecule has 0 bridgehead atoms. The van der Waals surface area contributed by atoms with Gasteiger partial charge < -0.3 is 10.1 Å². The molecule has 2 nitrogen and oxygen atoms in total.